The van der Waals surface area contributed by atoms with E-state index in [0.717, 1.165) is 0 Å². The molecule has 2 nitrogen and oxygen atoms in total. The highest BCUT2D eigenvalue weighted by atomic mass is 32.1. The van der Waals surface area contributed by atoms with Gasteiger partial charge in [-0.1, -0.05) is 18.2 Å². The number of aliphatic hydroxyl groups is 1. The lowest BCUT2D eigenvalue weighted by Crippen LogP contribution is -2.21. The molecule has 1 aromatic heterocycles. The number of hydrogen-bond acceptors (Lipinski definition) is 3. The third kappa shape index (κ3) is 3.36. The van der Waals surface area contributed by atoms with Gasteiger partial charge in [0, 0.05) is 18.7 Å². The number of hydrogen-bond donors (Lipinski definition) is 2. The maximum atomic E-state index is 13.4. The molecule has 0 saturated heterocycles. The Hall–Kier alpha value is -1.23. The summed E-state index contributed by atoms with van der Waals surface area (Å²) >= 11 is 1.63. The molecule has 1 heterocycles. The molecule has 4 heteroatoms. The van der Waals surface area contributed by atoms with Crippen LogP contribution in [0.25, 0.3) is 0 Å². The molecule has 1 unspecified atom stereocenters. The van der Waals surface area contributed by atoms with Crippen LogP contribution < -0.4 is 5.32 Å². The van der Waals surface area contributed by atoms with Crippen molar-refractivity contribution in [3.05, 3.63) is 58.0 Å². The summed E-state index contributed by atoms with van der Waals surface area (Å²) in [6, 6.07) is 8.32. The second-order valence-corrected chi connectivity index (χ2v) is 4.58. The third-order valence-corrected chi connectivity index (χ3v) is 3.24. The first-order valence-electron chi connectivity index (χ1n) is 5.41. The molecule has 0 aliphatic heterocycles. The quantitative estimate of drug-likeness (QED) is 0.856. The number of aliphatic hydroxyl groups excluding tert-OH is 1. The summed E-state index contributed by atoms with van der Waals surface area (Å²) in [6.45, 7) is 1.03. The van der Waals surface area contributed by atoms with Gasteiger partial charge in [-0.2, -0.15) is 11.3 Å². The molecule has 90 valence electrons. The van der Waals surface area contributed by atoms with E-state index in [1.54, 1.807) is 29.5 Å². The molecule has 0 aliphatic rings. The number of benzene rings is 1. The molecule has 0 fully saturated rings. The zero-order valence-electron chi connectivity index (χ0n) is 9.27. The van der Waals surface area contributed by atoms with Gasteiger partial charge in [0.2, 0.25) is 0 Å². The molecule has 0 saturated carbocycles. The summed E-state index contributed by atoms with van der Waals surface area (Å²) < 4.78 is 13.4. The summed E-state index contributed by atoms with van der Waals surface area (Å²) in [5.41, 5.74) is 1.51. The lowest BCUT2D eigenvalue weighted by Gasteiger charge is -2.12. The Morgan fingerprint density at radius 2 is 2.12 bits per heavy atom. The summed E-state index contributed by atoms with van der Waals surface area (Å²) in [4.78, 5) is 0. The Kier molecular flexibility index (Phi) is 4.25. The van der Waals surface area contributed by atoms with Crippen molar-refractivity contribution < 1.29 is 9.50 Å². The van der Waals surface area contributed by atoms with Crippen LogP contribution in [0.3, 0.4) is 0 Å². The van der Waals surface area contributed by atoms with Crippen molar-refractivity contribution in [3.8, 4) is 0 Å². The average molecular weight is 251 g/mol. The van der Waals surface area contributed by atoms with E-state index in [1.165, 1.54) is 11.6 Å². The van der Waals surface area contributed by atoms with E-state index in [9.17, 15) is 9.50 Å². The van der Waals surface area contributed by atoms with Crippen molar-refractivity contribution in [3.63, 3.8) is 0 Å². The monoisotopic (exact) mass is 251 g/mol. The SMILES string of the molecule is OC(CNCc1ccsc1)c1ccccc1F. The van der Waals surface area contributed by atoms with Gasteiger partial charge in [-0.05, 0) is 28.5 Å². The first-order chi connectivity index (χ1) is 8.27. The number of thiophene rings is 1. The van der Waals surface area contributed by atoms with Crippen molar-refractivity contribution in [2.45, 2.75) is 12.6 Å². The number of nitrogens with one attached hydrogen (secondary N) is 1. The highest BCUT2D eigenvalue weighted by Gasteiger charge is 2.11. The van der Waals surface area contributed by atoms with Crippen LogP contribution in [0.15, 0.2) is 41.1 Å². The minimum atomic E-state index is -0.810. The Labute approximate surface area is 104 Å². The first kappa shape index (κ1) is 12.2. The van der Waals surface area contributed by atoms with Gasteiger partial charge < -0.3 is 10.4 Å². The zero-order chi connectivity index (χ0) is 12.1. The van der Waals surface area contributed by atoms with E-state index < -0.39 is 6.10 Å². The molecule has 0 spiro atoms. The minimum Gasteiger partial charge on any atom is -0.387 e. The van der Waals surface area contributed by atoms with Gasteiger partial charge in [0.15, 0.2) is 0 Å². The third-order valence-electron chi connectivity index (χ3n) is 2.51. The van der Waals surface area contributed by atoms with Crippen LogP contribution >= 0.6 is 11.3 Å². The van der Waals surface area contributed by atoms with Gasteiger partial charge in [0.05, 0.1) is 6.10 Å². The van der Waals surface area contributed by atoms with Crippen molar-refractivity contribution in [2.75, 3.05) is 6.54 Å². The first-order valence-corrected chi connectivity index (χ1v) is 6.36. The minimum absolute atomic E-state index is 0.338. The Bertz CT molecular complexity index is 458. The Morgan fingerprint density at radius 1 is 1.29 bits per heavy atom. The van der Waals surface area contributed by atoms with Gasteiger partial charge in [-0.3, -0.25) is 0 Å². The van der Waals surface area contributed by atoms with Gasteiger partial charge in [-0.25, -0.2) is 4.39 Å². The molecule has 17 heavy (non-hydrogen) atoms. The van der Waals surface area contributed by atoms with E-state index in [0.29, 0.717) is 18.7 Å². The molecule has 1 aromatic carbocycles. The molecule has 0 aliphatic carbocycles. The van der Waals surface area contributed by atoms with Crippen LogP contribution in [0.4, 0.5) is 4.39 Å². The molecule has 1 atom stereocenters. The number of halogens is 1. The molecule has 0 bridgehead atoms. The summed E-state index contributed by atoms with van der Waals surface area (Å²) in [6.07, 6.45) is -0.810. The standard InChI is InChI=1S/C13H14FNOS/c14-12-4-2-1-3-11(12)13(16)8-15-7-10-5-6-17-9-10/h1-6,9,13,15-16H,7-8H2. The highest BCUT2D eigenvalue weighted by Crippen LogP contribution is 2.15. The molecule has 0 radical (unpaired) electrons. The summed E-state index contributed by atoms with van der Waals surface area (Å²) in [5, 5.41) is 17.0. The van der Waals surface area contributed by atoms with Crippen LogP contribution in [-0.4, -0.2) is 11.7 Å². The second kappa shape index (κ2) is 5.91. The van der Waals surface area contributed by atoms with E-state index in [2.05, 4.69) is 5.32 Å². The molecular formula is C13H14FNOS. The molecular weight excluding hydrogens is 237 g/mol. The maximum Gasteiger partial charge on any atom is 0.129 e. The topological polar surface area (TPSA) is 32.3 Å². The smallest absolute Gasteiger partial charge is 0.129 e. The van der Waals surface area contributed by atoms with Crippen LogP contribution in [0.1, 0.15) is 17.2 Å². The van der Waals surface area contributed by atoms with Crippen LogP contribution in [-0.2, 0) is 6.54 Å². The van der Waals surface area contributed by atoms with Crippen LogP contribution in [0.5, 0.6) is 0 Å². The van der Waals surface area contributed by atoms with Crippen LogP contribution in [0, 0.1) is 5.82 Å². The zero-order valence-corrected chi connectivity index (χ0v) is 10.1. The molecule has 2 aromatic rings. The van der Waals surface area contributed by atoms with Crippen molar-refractivity contribution in [1.82, 2.24) is 5.32 Å². The Morgan fingerprint density at radius 3 is 2.82 bits per heavy atom. The molecule has 2 N–H and O–H groups in total. The number of rotatable bonds is 5. The molecule has 2 rings (SSSR count). The highest BCUT2D eigenvalue weighted by molar-refractivity contribution is 7.07. The predicted molar refractivity (Wildman–Crippen MR) is 67.4 cm³/mol. The fourth-order valence-corrected chi connectivity index (χ4v) is 2.27. The van der Waals surface area contributed by atoms with Gasteiger partial charge >= 0.3 is 0 Å². The van der Waals surface area contributed by atoms with Crippen molar-refractivity contribution in [1.29, 1.82) is 0 Å². The molecule has 0 amide bonds. The van der Waals surface area contributed by atoms with Crippen LogP contribution in [0.2, 0.25) is 0 Å². The normalized spacial score (nSPS) is 12.6. The summed E-state index contributed by atoms with van der Waals surface area (Å²) in [7, 11) is 0. The average Bonchev–Trinajstić information content (AvgIpc) is 2.82. The van der Waals surface area contributed by atoms with E-state index in [4.69, 9.17) is 0 Å². The lowest BCUT2D eigenvalue weighted by atomic mass is 10.1. The predicted octanol–water partition coefficient (Wildman–Crippen LogP) is 2.71. The fraction of sp³-hybridized carbons (Fsp3) is 0.231. The second-order valence-electron chi connectivity index (χ2n) is 3.80. The van der Waals surface area contributed by atoms with E-state index >= 15 is 0 Å². The lowest BCUT2D eigenvalue weighted by molar-refractivity contribution is 0.169. The Balaban J connectivity index is 1.85. The van der Waals surface area contributed by atoms with Crippen molar-refractivity contribution >= 4 is 11.3 Å². The van der Waals surface area contributed by atoms with Gasteiger partial charge in [0.1, 0.15) is 5.82 Å². The largest absolute Gasteiger partial charge is 0.387 e. The fourth-order valence-electron chi connectivity index (χ4n) is 1.60. The van der Waals surface area contributed by atoms with Gasteiger partial charge in [-0.15, -0.1) is 0 Å². The van der Waals surface area contributed by atoms with E-state index in [1.807, 2.05) is 16.8 Å². The maximum absolute atomic E-state index is 13.4. The van der Waals surface area contributed by atoms with Crippen molar-refractivity contribution in [2.24, 2.45) is 0 Å². The summed E-state index contributed by atoms with van der Waals surface area (Å²) in [5.74, 6) is -0.364. The van der Waals surface area contributed by atoms with E-state index in [-0.39, 0.29) is 5.82 Å². The van der Waals surface area contributed by atoms with Gasteiger partial charge in [0.25, 0.3) is 0 Å².